The summed E-state index contributed by atoms with van der Waals surface area (Å²) in [4.78, 5) is 142. The Labute approximate surface area is 619 Å². The Morgan fingerprint density at radius 1 is 0.388 bits per heavy atom. The van der Waals surface area contributed by atoms with Gasteiger partial charge in [-0.1, -0.05) is 132 Å². The molecule has 0 aromatic carbocycles. The van der Waals surface area contributed by atoms with E-state index in [1.807, 2.05) is 83.1 Å². The maximum atomic E-state index is 13.3. The Balaban J connectivity index is 0.000000235. The second kappa shape index (κ2) is 30.2. The molecule has 588 valence electrons. The Morgan fingerprint density at radius 3 is 0.951 bits per heavy atom. The molecular formula is C76H129ClN8O18. The third-order valence-corrected chi connectivity index (χ3v) is 24.5. The summed E-state index contributed by atoms with van der Waals surface area (Å²) in [6, 6.07) is -4.68. The standard InChI is InChI=1S/C20H34N2O5.C17H29N3O4.C15H26N2O3.C14H23NO4.C10H16O2.ClH/c1-18(2,3)14(21-17(25)27-19(4,5)6)15(23)22-10-11-12(20(11,7)8)13(22)16(24)26-9;1-16(2,3)12(19-15(23)18-6)13(21)20-8-9-10(17(9,4)5)11(20)14(22)24-7;1-14(2,3)11(16)12(18)17-7-8-9(15(8,4)5)10(17)13(19)20-6;1-13(2,3)19-12(17)15-7-8-9(14(8,4)5)10(15)11(16)18-6;1-10(2)7-5-4-6(8(7)10)9(11)12-3;/h11-14H,10H2,1-9H3,(H,21,25);9-12H,8H2,1-7H3,(H2,18,19,23);8-11H,7,16H2,1-6H3;8-10H,7H2,1-6H3;6-8H,4-5H2,1-3H3;1H/t11-,12-,13-,14+;9-,10-,11-,12+;8-,9-,10-,11+;8-,9-,10-;6-,7-,8+;/m00000./s1. The molecule has 4 heterocycles. The number of hydrogen-bond acceptors (Lipinski definition) is 19. The minimum absolute atomic E-state index is 0. The van der Waals surface area contributed by atoms with Crippen LogP contribution in [0.1, 0.15) is 186 Å². The van der Waals surface area contributed by atoms with Crippen LogP contribution in [0.5, 0.6) is 0 Å². The van der Waals surface area contributed by atoms with Crippen molar-refractivity contribution in [3.05, 3.63) is 0 Å². The highest BCUT2D eigenvalue weighted by Crippen LogP contribution is 2.70. The first-order valence-corrected chi connectivity index (χ1v) is 36.3. The molecule has 6 saturated carbocycles. The number of amides is 7. The van der Waals surface area contributed by atoms with Gasteiger partial charge in [-0.05, 0) is 133 Å². The van der Waals surface area contributed by atoms with E-state index >= 15 is 0 Å². The van der Waals surface area contributed by atoms with Crippen LogP contribution in [0.15, 0.2) is 0 Å². The molecule has 10 aliphatic rings. The Kier molecular flexibility index (Phi) is 25.7. The van der Waals surface area contributed by atoms with Crippen LogP contribution in [0.3, 0.4) is 0 Å². The zero-order chi connectivity index (χ0) is 78.4. The molecule has 7 amide bonds. The van der Waals surface area contributed by atoms with Crippen molar-refractivity contribution in [2.45, 2.75) is 239 Å². The highest BCUT2D eigenvalue weighted by Gasteiger charge is 2.74. The molecule has 0 bridgehead atoms. The van der Waals surface area contributed by atoms with Crippen molar-refractivity contribution in [3.8, 4) is 0 Å². The number of esters is 5. The fraction of sp³-hybridized carbons (Fsp3) is 0.855. The molecule has 18 atom stereocenters. The summed E-state index contributed by atoms with van der Waals surface area (Å²) < 4.78 is 35.1. The lowest BCUT2D eigenvalue weighted by molar-refractivity contribution is -0.154. The Hall–Kier alpha value is -6.18. The molecule has 10 fully saturated rings. The molecule has 5 N–H and O–H groups in total. The van der Waals surface area contributed by atoms with Gasteiger partial charge < -0.3 is 69.5 Å². The number of piperidine rings is 4. The molecule has 6 aliphatic carbocycles. The Morgan fingerprint density at radius 2 is 0.680 bits per heavy atom. The molecule has 0 spiro atoms. The van der Waals surface area contributed by atoms with Gasteiger partial charge in [0.05, 0.1) is 47.5 Å². The summed E-state index contributed by atoms with van der Waals surface area (Å²) in [6.45, 7) is 51.6. The molecule has 10 rings (SSSR count). The molecule has 0 aromatic rings. The van der Waals surface area contributed by atoms with Gasteiger partial charge in [-0.25, -0.2) is 33.6 Å². The van der Waals surface area contributed by atoms with Gasteiger partial charge in [0.2, 0.25) is 17.7 Å². The summed E-state index contributed by atoms with van der Waals surface area (Å²) in [6.07, 6.45) is 1.20. The lowest BCUT2D eigenvalue weighted by Gasteiger charge is -2.37. The van der Waals surface area contributed by atoms with Crippen molar-refractivity contribution in [2.75, 3.05) is 68.8 Å². The zero-order valence-electron chi connectivity index (χ0n) is 67.8. The van der Waals surface area contributed by atoms with Crippen LogP contribution < -0.4 is 21.7 Å². The van der Waals surface area contributed by atoms with Crippen molar-refractivity contribution >= 4 is 78.2 Å². The van der Waals surface area contributed by atoms with E-state index in [1.54, 1.807) is 35.5 Å². The number of rotatable bonds is 10. The van der Waals surface area contributed by atoms with Crippen molar-refractivity contribution in [1.82, 2.24) is 35.6 Å². The Bertz CT molecular complexity index is 3210. The number of ether oxygens (including phenoxy) is 7. The van der Waals surface area contributed by atoms with E-state index in [2.05, 4.69) is 85.2 Å². The average Bonchev–Trinajstić information content (AvgIpc) is 1.55. The number of likely N-dealkylation sites (tertiary alicyclic amines) is 4. The number of halogens is 1. The van der Waals surface area contributed by atoms with E-state index in [0.717, 1.165) is 12.3 Å². The first kappa shape index (κ1) is 87.5. The normalized spacial score (nSPS) is 30.9. The number of nitrogens with two attached hydrogens (primary N) is 1. The number of carbonyl (C=O) groups excluding carboxylic acids is 11. The van der Waals surface area contributed by atoms with Crippen molar-refractivity contribution < 1.29 is 85.9 Å². The third kappa shape index (κ3) is 17.9. The monoisotopic (exact) mass is 1480 g/mol. The van der Waals surface area contributed by atoms with Gasteiger partial charge in [0.1, 0.15) is 47.5 Å². The molecule has 0 radical (unpaired) electrons. The van der Waals surface area contributed by atoms with Crippen LogP contribution in [0.2, 0.25) is 0 Å². The van der Waals surface area contributed by atoms with Crippen molar-refractivity contribution in [1.29, 1.82) is 0 Å². The number of urea groups is 1. The van der Waals surface area contributed by atoms with E-state index < -0.39 is 88.5 Å². The topological polar surface area (TPSA) is 327 Å². The third-order valence-electron chi connectivity index (χ3n) is 24.5. The summed E-state index contributed by atoms with van der Waals surface area (Å²) in [5, 5.41) is 7.91. The highest BCUT2D eigenvalue weighted by molar-refractivity contribution is 5.94. The van der Waals surface area contributed by atoms with Gasteiger partial charge in [-0.15, -0.1) is 12.4 Å². The maximum Gasteiger partial charge on any atom is 0.411 e. The molecule has 26 nitrogen and oxygen atoms in total. The molecule has 0 aromatic heterocycles. The van der Waals surface area contributed by atoms with E-state index in [0.29, 0.717) is 55.3 Å². The van der Waals surface area contributed by atoms with Crippen LogP contribution in [0, 0.1) is 108 Å². The summed E-state index contributed by atoms with van der Waals surface area (Å²) in [7, 11) is 8.41. The average molecular weight is 1480 g/mol. The predicted octanol–water partition coefficient (Wildman–Crippen LogP) is 8.90. The van der Waals surface area contributed by atoms with Crippen LogP contribution in [0.25, 0.3) is 0 Å². The fourth-order valence-electron chi connectivity index (χ4n) is 17.8. The van der Waals surface area contributed by atoms with E-state index in [4.69, 9.17) is 38.9 Å². The van der Waals surface area contributed by atoms with Crippen molar-refractivity contribution in [3.63, 3.8) is 0 Å². The predicted molar refractivity (Wildman–Crippen MR) is 388 cm³/mol. The van der Waals surface area contributed by atoms with Gasteiger partial charge in [-0.2, -0.15) is 0 Å². The molecule has 103 heavy (non-hydrogen) atoms. The second-order valence-corrected chi connectivity index (χ2v) is 38.3. The lowest BCUT2D eigenvalue weighted by Crippen LogP contribution is -2.59. The number of fused-ring (bicyclic) bond motifs is 5. The van der Waals surface area contributed by atoms with Crippen LogP contribution in [-0.2, 0) is 71.5 Å². The SMILES string of the molecule is CNC(=O)N[C@H](C(=O)N1C[C@H]2[C@@H]([C@H]1C(=O)OC)C2(C)C)C(C)(C)C.COC(=O)[C@@H]1[C@@H]2[C@H](CN1C(=O)OC(C)(C)C)C2(C)C.COC(=O)[C@@H]1[C@@H]2[C@H](CN1C(=O)[C@@H](N)C(C)(C)C)C2(C)C.COC(=O)[C@@H]1[C@@H]2[C@H](CN1C(=O)[C@@H](NC(=O)OC(C)(C)C)C(C)(C)C)C2(C)C.COC(=O)[C@H]1CC[C@H]2[C@@H]1C2(C)C.Cl. The number of alkyl carbamates (subject to hydrolysis) is 1. The molecule has 4 aliphatic heterocycles. The highest BCUT2D eigenvalue weighted by atomic mass is 35.5. The first-order chi connectivity index (χ1) is 46.3. The molecular weight excluding hydrogens is 1350 g/mol. The van der Waals surface area contributed by atoms with Gasteiger partial charge in [0.15, 0.2) is 0 Å². The second-order valence-electron chi connectivity index (χ2n) is 38.3. The first-order valence-electron chi connectivity index (χ1n) is 36.3. The van der Waals surface area contributed by atoms with Crippen LogP contribution >= 0.6 is 12.4 Å². The smallest absolute Gasteiger partial charge is 0.411 e. The lowest BCUT2D eigenvalue weighted by atomic mass is 9.85. The molecule has 4 saturated heterocycles. The molecule has 0 unspecified atom stereocenters. The summed E-state index contributed by atoms with van der Waals surface area (Å²) >= 11 is 0. The number of carbonyl (C=O) groups is 11. The summed E-state index contributed by atoms with van der Waals surface area (Å²) in [5.74, 6) is 1.44. The minimum atomic E-state index is -0.805. The van der Waals surface area contributed by atoms with E-state index in [1.165, 1.54) is 53.9 Å². The quantitative estimate of drug-likeness (QED) is 0.117. The fourth-order valence-corrected chi connectivity index (χ4v) is 17.8. The molecule has 27 heteroatoms. The van der Waals surface area contributed by atoms with E-state index in [-0.39, 0.29) is 117 Å². The minimum Gasteiger partial charge on any atom is -0.469 e. The number of hydrogen-bond donors (Lipinski definition) is 4. The van der Waals surface area contributed by atoms with Crippen LogP contribution in [0.4, 0.5) is 14.4 Å². The zero-order valence-corrected chi connectivity index (χ0v) is 68.6. The van der Waals surface area contributed by atoms with Crippen molar-refractivity contribution in [2.24, 2.45) is 114 Å². The largest absolute Gasteiger partial charge is 0.469 e. The summed E-state index contributed by atoms with van der Waals surface area (Å²) in [5.41, 5.74) is 4.20. The van der Waals surface area contributed by atoms with Crippen LogP contribution in [-0.4, -0.2) is 208 Å². The number of methoxy groups -OCH3 is 5. The maximum absolute atomic E-state index is 13.3. The number of nitrogens with zero attached hydrogens (tertiary/aromatic N) is 4. The van der Waals surface area contributed by atoms with Gasteiger partial charge in [-0.3, -0.25) is 24.1 Å². The van der Waals surface area contributed by atoms with E-state index in [9.17, 15) is 52.7 Å². The number of nitrogens with one attached hydrogen (secondary N) is 3. The van der Waals surface area contributed by atoms with Gasteiger partial charge >= 0.3 is 48.1 Å². The van der Waals surface area contributed by atoms with Gasteiger partial charge in [0.25, 0.3) is 0 Å². The van der Waals surface area contributed by atoms with Gasteiger partial charge in [0, 0.05) is 56.9 Å².